The van der Waals surface area contributed by atoms with E-state index < -0.39 is 0 Å². The largest absolute Gasteiger partial charge is 0.389 e. The summed E-state index contributed by atoms with van der Waals surface area (Å²) >= 11 is 0. The lowest BCUT2D eigenvalue weighted by molar-refractivity contribution is -0.724. The Morgan fingerprint density at radius 2 is 2.12 bits per heavy atom. The minimum absolute atomic E-state index is 0.324. The predicted octanol–water partition coefficient (Wildman–Crippen LogP) is 1.56. The summed E-state index contributed by atoms with van der Waals surface area (Å²) < 4.78 is 5.08. The van der Waals surface area contributed by atoms with E-state index in [2.05, 4.69) is 29.5 Å². The van der Waals surface area contributed by atoms with Crippen LogP contribution in [0.3, 0.4) is 0 Å². The maximum atomic E-state index is 5.08. The molecule has 84 valence electrons. The van der Waals surface area contributed by atoms with E-state index >= 15 is 0 Å². The molecule has 0 fully saturated rings. The second-order valence-corrected chi connectivity index (χ2v) is 3.66. The van der Waals surface area contributed by atoms with Crippen LogP contribution in [0.25, 0.3) is 5.69 Å². The molecule has 1 aromatic heterocycles. The van der Waals surface area contributed by atoms with Crippen LogP contribution in [0, 0.1) is 0 Å². The number of nitrogens with zero attached hydrogens (tertiary/aromatic N) is 3. The Morgan fingerprint density at radius 1 is 1.38 bits per heavy atom. The normalized spacial score (nSPS) is 12.4. The average molecular weight is 219 g/mol. The van der Waals surface area contributed by atoms with E-state index in [9.17, 15) is 0 Å². The van der Waals surface area contributed by atoms with Gasteiger partial charge in [0.2, 0.25) is 5.27 Å². The van der Waals surface area contributed by atoms with Crippen molar-refractivity contribution in [2.24, 2.45) is 0 Å². The summed E-state index contributed by atoms with van der Waals surface area (Å²) in [6.07, 6.45) is 1.01. The van der Waals surface area contributed by atoms with Crippen molar-refractivity contribution in [2.45, 2.75) is 26.3 Å². The van der Waals surface area contributed by atoms with Gasteiger partial charge in [0.25, 0.3) is 5.69 Å². The zero-order valence-electron chi connectivity index (χ0n) is 9.42. The van der Waals surface area contributed by atoms with Crippen LogP contribution in [-0.2, 0) is 0 Å². The van der Waals surface area contributed by atoms with E-state index in [1.54, 1.807) is 0 Å². The zero-order valence-corrected chi connectivity index (χ0v) is 9.42. The fourth-order valence-corrected chi connectivity index (χ4v) is 1.23. The topological polar surface area (TPSA) is 54.8 Å². The number of nitrogens with one attached hydrogen (secondary N) is 1. The van der Waals surface area contributed by atoms with Crippen molar-refractivity contribution in [3.63, 3.8) is 0 Å². The van der Waals surface area contributed by atoms with Gasteiger partial charge in [-0.1, -0.05) is 25.1 Å². The van der Waals surface area contributed by atoms with E-state index in [-0.39, 0.29) is 0 Å². The molecule has 0 spiro atoms. The molecule has 5 nitrogen and oxygen atoms in total. The van der Waals surface area contributed by atoms with Gasteiger partial charge in [-0.15, -0.1) is 0 Å². The number of rotatable bonds is 4. The number of anilines is 1. The Bertz CT molecular complexity index is 440. The van der Waals surface area contributed by atoms with Gasteiger partial charge in [-0.3, -0.25) is 4.52 Å². The first-order valence-electron chi connectivity index (χ1n) is 5.38. The maximum Gasteiger partial charge on any atom is 0.389 e. The van der Waals surface area contributed by atoms with Crippen molar-refractivity contribution in [1.29, 1.82) is 0 Å². The minimum Gasteiger partial charge on any atom is -0.331 e. The molecule has 0 amide bonds. The Labute approximate surface area is 94.0 Å². The lowest BCUT2D eigenvalue weighted by Crippen LogP contribution is -2.35. The number of para-hydroxylation sites is 1. The summed E-state index contributed by atoms with van der Waals surface area (Å²) in [5.74, 6) is 0. The summed E-state index contributed by atoms with van der Waals surface area (Å²) in [7, 11) is 0. The first kappa shape index (κ1) is 10.6. The van der Waals surface area contributed by atoms with Gasteiger partial charge in [0, 0.05) is 18.2 Å². The van der Waals surface area contributed by atoms with Crippen LogP contribution < -0.4 is 10.1 Å². The van der Waals surface area contributed by atoms with Gasteiger partial charge in [0.05, 0.1) is 5.10 Å². The molecule has 5 heteroatoms. The summed E-state index contributed by atoms with van der Waals surface area (Å²) in [6.45, 7) is 4.16. The summed E-state index contributed by atoms with van der Waals surface area (Å²) in [6, 6.07) is 10.4. The van der Waals surface area contributed by atoms with E-state index in [0.717, 1.165) is 12.1 Å². The number of hydrogen-bond donors (Lipinski definition) is 1. The van der Waals surface area contributed by atoms with Crippen LogP contribution in [0.5, 0.6) is 0 Å². The van der Waals surface area contributed by atoms with Crippen molar-refractivity contribution in [3.8, 4) is 5.69 Å². The van der Waals surface area contributed by atoms with Crippen molar-refractivity contribution >= 4 is 6.01 Å². The lowest BCUT2D eigenvalue weighted by Gasteiger charge is -2.04. The highest BCUT2D eigenvalue weighted by Crippen LogP contribution is 2.03. The molecule has 16 heavy (non-hydrogen) atoms. The second kappa shape index (κ2) is 4.74. The van der Waals surface area contributed by atoms with E-state index in [1.165, 1.54) is 4.80 Å². The monoisotopic (exact) mass is 219 g/mol. The number of aromatic nitrogens is 3. The zero-order chi connectivity index (χ0) is 11.4. The van der Waals surface area contributed by atoms with E-state index in [4.69, 9.17) is 4.52 Å². The van der Waals surface area contributed by atoms with Crippen molar-refractivity contribution in [1.82, 2.24) is 10.4 Å². The van der Waals surface area contributed by atoms with Gasteiger partial charge in [0.15, 0.2) is 0 Å². The molecule has 1 aromatic carbocycles. The maximum absolute atomic E-state index is 5.08. The van der Waals surface area contributed by atoms with Crippen LogP contribution in [0.4, 0.5) is 6.01 Å². The fourth-order valence-electron chi connectivity index (χ4n) is 1.23. The standard InChI is InChI=1S/C11H15N4O/c1-3-9(2)12-11-13-15(14-16-11)10-7-5-4-6-8-10/h4-9H,3H2,1-2H3,(H,12,13,14)/q+1. The van der Waals surface area contributed by atoms with Crippen LogP contribution in [0.2, 0.25) is 0 Å². The molecule has 2 rings (SSSR count). The molecule has 0 aliphatic rings. The van der Waals surface area contributed by atoms with Crippen molar-refractivity contribution in [2.75, 3.05) is 5.32 Å². The molecule has 0 aliphatic heterocycles. The third-order valence-corrected chi connectivity index (χ3v) is 2.36. The molecule has 0 saturated carbocycles. The Kier molecular flexibility index (Phi) is 3.14. The molecular formula is C11H15N4O+. The molecule has 0 radical (unpaired) electrons. The molecule has 1 N–H and O–H groups in total. The minimum atomic E-state index is 0.324. The third kappa shape index (κ3) is 2.36. The van der Waals surface area contributed by atoms with Crippen molar-refractivity contribution in [3.05, 3.63) is 30.3 Å². The molecule has 0 bridgehead atoms. The van der Waals surface area contributed by atoms with Crippen LogP contribution in [0.15, 0.2) is 34.9 Å². The smallest absolute Gasteiger partial charge is 0.331 e. The highest BCUT2D eigenvalue weighted by atomic mass is 16.5. The first-order chi connectivity index (χ1) is 7.79. The van der Waals surface area contributed by atoms with Gasteiger partial charge < -0.3 is 5.32 Å². The number of hydrogen-bond acceptors (Lipinski definition) is 4. The van der Waals surface area contributed by atoms with Crippen LogP contribution >= 0.6 is 0 Å². The van der Waals surface area contributed by atoms with Gasteiger partial charge >= 0.3 is 6.01 Å². The number of benzene rings is 1. The molecule has 0 aliphatic carbocycles. The fraction of sp³-hybridized carbons (Fsp3) is 0.364. The van der Waals surface area contributed by atoms with Gasteiger partial charge in [-0.05, 0) is 13.3 Å². The Morgan fingerprint density at radius 3 is 2.81 bits per heavy atom. The van der Waals surface area contributed by atoms with E-state index in [0.29, 0.717) is 12.1 Å². The first-order valence-corrected chi connectivity index (χ1v) is 5.38. The quantitative estimate of drug-likeness (QED) is 0.793. The Hall–Kier alpha value is -1.91. The molecule has 0 saturated heterocycles. The SMILES string of the molecule is CCC(C)Nc1n[n+](-c2ccccc2)no1. The van der Waals surface area contributed by atoms with E-state index in [1.807, 2.05) is 30.3 Å². The average Bonchev–Trinajstić information content (AvgIpc) is 2.78. The molecule has 2 aromatic rings. The molecular weight excluding hydrogens is 204 g/mol. The predicted molar refractivity (Wildman–Crippen MR) is 59.2 cm³/mol. The summed E-state index contributed by atoms with van der Waals surface area (Å²) in [4.78, 5) is 1.46. The highest BCUT2D eigenvalue weighted by Gasteiger charge is 2.17. The van der Waals surface area contributed by atoms with Gasteiger partial charge in [-0.25, -0.2) is 0 Å². The van der Waals surface area contributed by atoms with Crippen molar-refractivity contribution < 1.29 is 9.32 Å². The summed E-state index contributed by atoms with van der Waals surface area (Å²) in [5.41, 5.74) is 0.878. The summed E-state index contributed by atoms with van der Waals surface area (Å²) in [5, 5.41) is 11.2. The van der Waals surface area contributed by atoms with Crippen LogP contribution in [-0.4, -0.2) is 16.4 Å². The third-order valence-electron chi connectivity index (χ3n) is 2.36. The lowest BCUT2D eigenvalue weighted by atomic mass is 10.3. The Balaban J connectivity index is 2.14. The van der Waals surface area contributed by atoms with Gasteiger partial charge in [-0.2, -0.15) is 0 Å². The molecule has 1 heterocycles. The highest BCUT2D eigenvalue weighted by molar-refractivity contribution is 5.21. The molecule has 1 atom stereocenters. The van der Waals surface area contributed by atoms with Gasteiger partial charge in [0.1, 0.15) is 4.80 Å². The molecule has 1 unspecified atom stereocenters. The second-order valence-electron chi connectivity index (χ2n) is 3.66. The van der Waals surface area contributed by atoms with Crippen LogP contribution in [0.1, 0.15) is 20.3 Å².